The zero-order valence-corrected chi connectivity index (χ0v) is 13.0. The maximum Gasteiger partial charge on any atom is 0.419 e. The maximum absolute atomic E-state index is 12.3. The average molecular weight is 339 g/mol. The van der Waals surface area contributed by atoms with Crippen LogP contribution in [-0.2, 0) is 17.1 Å². The van der Waals surface area contributed by atoms with Crippen molar-refractivity contribution in [3.05, 3.63) is 58.0 Å². The Hall–Kier alpha value is -2.25. The smallest absolute Gasteiger partial charge is 0.408 e. The Kier molecular flexibility index (Phi) is 3.46. The fourth-order valence-corrected chi connectivity index (χ4v) is 3.20. The van der Waals surface area contributed by atoms with Crippen LogP contribution in [0.5, 0.6) is 0 Å². The minimum Gasteiger partial charge on any atom is -0.408 e. The van der Waals surface area contributed by atoms with Crippen LogP contribution >= 0.6 is 11.6 Å². The van der Waals surface area contributed by atoms with Gasteiger partial charge in [0.25, 0.3) is 10.0 Å². The first-order chi connectivity index (χ1) is 10.4. The van der Waals surface area contributed by atoms with Crippen LogP contribution in [0.3, 0.4) is 0 Å². The van der Waals surface area contributed by atoms with Gasteiger partial charge >= 0.3 is 5.76 Å². The third-order valence-corrected chi connectivity index (χ3v) is 4.82. The standard InChI is InChI=1S/C14H11ClN2O4S/c1-17-12-7-4-10(8-13(12)21-14(17)18)16-22(19,20)11-5-2-9(15)3-6-11/h2-8,16H,1H3. The number of nitrogens with zero attached hydrogens (tertiary/aromatic N) is 1. The Labute approximate surface area is 131 Å². The molecule has 8 heteroatoms. The second-order valence-electron chi connectivity index (χ2n) is 4.67. The van der Waals surface area contributed by atoms with Crippen molar-refractivity contribution in [1.82, 2.24) is 4.57 Å². The number of rotatable bonds is 3. The summed E-state index contributed by atoms with van der Waals surface area (Å²) in [5.41, 5.74) is 1.19. The van der Waals surface area contributed by atoms with E-state index in [1.165, 1.54) is 34.9 Å². The lowest BCUT2D eigenvalue weighted by Crippen LogP contribution is -2.12. The Bertz CT molecular complexity index is 1000. The summed E-state index contributed by atoms with van der Waals surface area (Å²) < 4.78 is 33.3. The van der Waals surface area contributed by atoms with E-state index < -0.39 is 15.8 Å². The summed E-state index contributed by atoms with van der Waals surface area (Å²) in [6, 6.07) is 10.4. The molecule has 1 N–H and O–H groups in total. The lowest BCUT2D eigenvalue weighted by molar-refractivity contribution is 0.528. The number of sulfonamides is 1. The van der Waals surface area contributed by atoms with Crippen molar-refractivity contribution in [3.8, 4) is 0 Å². The van der Waals surface area contributed by atoms with E-state index in [-0.39, 0.29) is 4.90 Å². The molecule has 0 aliphatic carbocycles. The molecule has 1 aromatic heterocycles. The lowest BCUT2D eigenvalue weighted by Gasteiger charge is -2.08. The highest BCUT2D eigenvalue weighted by molar-refractivity contribution is 7.92. The summed E-state index contributed by atoms with van der Waals surface area (Å²) in [7, 11) is -2.16. The fourth-order valence-electron chi connectivity index (χ4n) is 2.03. The number of fused-ring (bicyclic) bond motifs is 1. The van der Waals surface area contributed by atoms with E-state index in [0.29, 0.717) is 21.8 Å². The molecule has 1 heterocycles. The zero-order chi connectivity index (χ0) is 15.9. The summed E-state index contributed by atoms with van der Waals surface area (Å²) >= 11 is 5.74. The van der Waals surface area contributed by atoms with E-state index in [0.717, 1.165) is 0 Å². The van der Waals surface area contributed by atoms with Crippen molar-refractivity contribution in [2.75, 3.05) is 4.72 Å². The molecule has 0 unspecified atom stereocenters. The molecule has 0 saturated heterocycles. The van der Waals surface area contributed by atoms with Crippen LogP contribution in [0.1, 0.15) is 0 Å². The summed E-state index contributed by atoms with van der Waals surface area (Å²) in [6.45, 7) is 0. The molecule has 3 rings (SSSR count). The first kappa shape index (κ1) is 14.7. The van der Waals surface area contributed by atoms with E-state index in [1.54, 1.807) is 19.2 Å². The highest BCUT2D eigenvalue weighted by Gasteiger charge is 2.15. The molecule has 0 aliphatic rings. The van der Waals surface area contributed by atoms with Crippen molar-refractivity contribution < 1.29 is 12.8 Å². The largest absolute Gasteiger partial charge is 0.419 e. The molecule has 0 atom stereocenters. The topological polar surface area (TPSA) is 81.3 Å². The molecule has 0 fully saturated rings. The molecule has 3 aromatic rings. The lowest BCUT2D eigenvalue weighted by atomic mass is 10.3. The molecule has 0 saturated carbocycles. The SMILES string of the molecule is Cn1c(=O)oc2cc(NS(=O)(=O)c3ccc(Cl)cc3)ccc21. The number of oxazole rings is 1. The van der Waals surface area contributed by atoms with Crippen molar-refractivity contribution in [2.45, 2.75) is 4.90 Å². The van der Waals surface area contributed by atoms with Crippen LogP contribution in [0.25, 0.3) is 11.1 Å². The molecule has 0 spiro atoms. The molecule has 2 aromatic carbocycles. The van der Waals surface area contributed by atoms with Gasteiger partial charge in [-0.3, -0.25) is 9.29 Å². The van der Waals surface area contributed by atoms with E-state index in [1.807, 2.05) is 0 Å². The molecule has 0 aliphatic heterocycles. The van der Waals surface area contributed by atoms with Gasteiger partial charge in [0.05, 0.1) is 16.1 Å². The van der Waals surface area contributed by atoms with Crippen LogP contribution in [0.15, 0.2) is 56.6 Å². The van der Waals surface area contributed by atoms with Gasteiger partial charge in [0, 0.05) is 18.1 Å². The number of nitrogens with one attached hydrogen (secondary N) is 1. The minimum absolute atomic E-state index is 0.0894. The van der Waals surface area contributed by atoms with Gasteiger partial charge in [-0.2, -0.15) is 0 Å². The van der Waals surface area contributed by atoms with E-state index in [4.69, 9.17) is 16.0 Å². The van der Waals surface area contributed by atoms with Gasteiger partial charge in [-0.25, -0.2) is 13.2 Å². The van der Waals surface area contributed by atoms with Crippen LogP contribution in [0, 0.1) is 0 Å². The van der Waals surface area contributed by atoms with Gasteiger partial charge in [-0.05, 0) is 36.4 Å². The predicted octanol–water partition coefficient (Wildman–Crippen LogP) is 2.59. The molecule has 114 valence electrons. The highest BCUT2D eigenvalue weighted by Crippen LogP contribution is 2.21. The fraction of sp³-hybridized carbons (Fsp3) is 0.0714. The molecule has 0 radical (unpaired) electrons. The van der Waals surface area contributed by atoms with E-state index in [2.05, 4.69) is 4.72 Å². The van der Waals surface area contributed by atoms with Crippen LogP contribution < -0.4 is 10.5 Å². The summed E-state index contributed by atoms with van der Waals surface area (Å²) in [5, 5.41) is 0.450. The van der Waals surface area contributed by atoms with Gasteiger partial charge < -0.3 is 4.42 Å². The first-order valence-corrected chi connectivity index (χ1v) is 8.11. The van der Waals surface area contributed by atoms with Gasteiger partial charge in [0.15, 0.2) is 5.58 Å². The summed E-state index contributed by atoms with van der Waals surface area (Å²) in [6.07, 6.45) is 0. The monoisotopic (exact) mass is 338 g/mol. The van der Waals surface area contributed by atoms with Crippen molar-refractivity contribution in [3.63, 3.8) is 0 Å². The van der Waals surface area contributed by atoms with Crippen molar-refractivity contribution in [1.29, 1.82) is 0 Å². The zero-order valence-electron chi connectivity index (χ0n) is 11.4. The number of aryl methyl sites for hydroxylation is 1. The minimum atomic E-state index is -3.74. The average Bonchev–Trinajstić information content (AvgIpc) is 2.73. The Morgan fingerprint density at radius 3 is 2.50 bits per heavy atom. The van der Waals surface area contributed by atoms with Gasteiger partial charge in [-0.1, -0.05) is 11.6 Å². The van der Waals surface area contributed by atoms with Crippen molar-refractivity contribution in [2.24, 2.45) is 7.05 Å². The van der Waals surface area contributed by atoms with Crippen LogP contribution in [-0.4, -0.2) is 13.0 Å². The van der Waals surface area contributed by atoms with Crippen LogP contribution in [0.4, 0.5) is 5.69 Å². The Morgan fingerprint density at radius 1 is 1.14 bits per heavy atom. The van der Waals surface area contributed by atoms with E-state index in [9.17, 15) is 13.2 Å². The third kappa shape index (κ3) is 2.60. The maximum atomic E-state index is 12.3. The Balaban J connectivity index is 1.98. The third-order valence-electron chi connectivity index (χ3n) is 3.17. The normalized spacial score (nSPS) is 11.7. The number of anilines is 1. The summed E-state index contributed by atoms with van der Waals surface area (Å²) in [4.78, 5) is 11.5. The molecule has 6 nitrogen and oxygen atoms in total. The molecular weight excluding hydrogens is 328 g/mol. The number of hydrogen-bond acceptors (Lipinski definition) is 4. The first-order valence-electron chi connectivity index (χ1n) is 6.25. The number of aromatic nitrogens is 1. The predicted molar refractivity (Wildman–Crippen MR) is 83.7 cm³/mol. The molecule has 22 heavy (non-hydrogen) atoms. The van der Waals surface area contributed by atoms with Gasteiger partial charge in [0.2, 0.25) is 0 Å². The van der Waals surface area contributed by atoms with Gasteiger partial charge in [-0.15, -0.1) is 0 Å². The number of hydrogen-bond donors (Lipinski definition) is 1. The second kappa shape index (κ2) is 5.19. The van der Waals surface area contributed by atoms with Crippen LogP contribution in [0.2, 0.25) is 5.02 Å². The summed E-state index contributed by atoms with van der Waals surface area (Å²) in [5.74, 6) is -0.507. The van der Waals surface area contributed by atoms with Crippen molar-refractivity contribution >= 4 is 38.4 Å². The Morgan fingerprint density at radius 2 is 1.82 bits per heavy atom. The highest BCUT2D eigenvalue weighted by atomic mass is 35.5. The van der Waals surface area contributed by atoms with E-state index >= 15 is 0 Å². The molecule has 0 bridgehead atoms. The molecular formula is C14H11ClN2O4S. The molecule has 0 amide bonds. The number of benzene rings is 2. The number of halogens is 1. The quantitative estimate of drug-likeness (QED) is 0.795. The van der Waals surface area contributed by atoms with Gasteiger partial charge in [0.1, 0.15) is 0 Å². The second-order valence-corrected chi connectivity index (χ2v) is 6.79.